The van der Waals surface area contributed by atoms with Gasteiger partial charge in [-0.25, -0.2) is 4.99 Å². The SMILES string of the molecule is CN.CN(C)C.N/C=N\C(N)=NCCCl. The standard InChI is InChI=1S/C4H9ClN4.C3H9N.CH5N/c5-1-2-8-4(7)9-3-6;1-4(2)3;1-2/h3H,1-2H2,(H4,6,7,8,9);1-3H3;2H2,1H3. The highest BCUT2D eigenvalue weighted by Crippen LogP contribution is 1.76. The zero-order chi connectivity index (χ0) is 12.7. The quantitative estimate of drug-likeness (QED) is 0.335. The lowest BCUT2D eigenvalue weighted by molar-refractivity contribution is 0.505. The Hall–Kier alpha value is -0.850. The van der Waals surface area contributed by atoms with Gasteiger partial charge in [-0.3, -0.25) is 4.99 Å². The highest BCUT2D eigenvalue weighted by Gasteiger charge is 1.81. The number of guanidine groups is 1. The van der Waals surface area contributed by atoms with E-state index in [4.69, 9.17) is 23.1 Å². The molecule has 0 aliphatic rings. The molecule has 0 atom stereocenters. The number of nitrogens with zero attached hydrogens (tertiary/aromatic N) is 3. The Bertz CT molecular complexity index is 154. The summed E-state index contributed by atoms with van der Waals surface area (Å²) in [6, 6.07) is 0. The second kappa shape index (κ2) is 18.8. The molecule has 7 heteroatoms. The van der Waals surface area contributed by atoms with Crippen LogP contribution >= 0.6 is 11.6 Å². The molecule has 6 N–H and O–H groups in total. The predicted molar refractivity (Wildman–Crippen MR) is 69.6 cm³/mol. The van der Waals surface area contributed by atoms with Gasteiger partial charge in [0.15, 0.2) is 0 Å². The summed E-state index contributed by atoms with van der Waals surface area (Å²) in [5, 5.41) is 0. The molecule has 0 aliphatic carbocycles. The fourth-order valence-corrected chi connectivity index (χ4v) is 0.359. The largest absolute Gasteiger partial charge is 0.390 e. The van der Waals surface area contributed by atoms with Crippen LogP contribution in [0.5, 0.6) is 0 Å². The maximum absolute atomic E-state index is 5.30. The molecule has 0 aromatic carbocycles. The van der Waals surface area contributed by atoms with Crippen LogP contribution in [0.1, 0.15) is 0 Å². The van der Waals surface area contributed by atoms with Crippen molar-refractivity contribution < 1.29 is 0 Å². The monoisotopic (exact) mass is 238 g/mol. The van der Waals surface area contributed by atoms with Crippen molar-refractivity contribution in [1.29, 1.82) is 0 Å². The number of halogens is 1. The molecule has 0 unspecified atom stereocenters. The van der Waals surface area contributed by atoms with E-state index in [0.717, 1.165) is 6.34 Å². The second-order valence-corrected chi connectivity index (χ2v) is 2.93. The van der Waals surface area contributed by atoms with Crippen molar-refractivity contribution in [1.82, 2.24) is 4.90 Å². The van der Waals surface area contributed by atoms with Crippen LogP contribution in [0.15, 0.2) is 9.98 Å². The Morgan fingerprint density at radius 1 is 1.33 bits per heavy atom. The minimum atomic E-state index is 0.165. The van der Waals surface area contributed by atoms with Crippen LogP contribution in [0, 0.1) is 0 Å². The van der Waals surface area contributed by atoms with Crippen molar-refractivity contribution in [2.45, 2.75) is 0 Å². The number of hydrogen-bond acceptors (Lipinski definition) is 3. The second-order valence-electron chi connectivity index (χ2n) is 2.55. The van der Waals surface area contributed by atoms with Crippen LogP contribution in [-0.4, -0.2) is 57.8 Å². The first-order chi connectivity index (χ1) is 7.04. The maximum Gasteiger partial charge on any atom is 0.216 e. The molecule has 15 heavy (non-hydrogen) atoms. The molecule has 0 saturated carbocycles. The fourth-order valence-electron chi connectivity index (χ4n) is 0.274. The lowest BCUT2D eigenvalue weighted by atomic mass is 10.8. The average molecular weight is 239 g/mol. The predicted octanol–water partition coefficient (Wildman–Crippen LogP) is -0.720. The van der Waals surface area contributed by atoms with E-state index in [1.54, 1.807) is 0 Å². The fraction of sp³-hybridized carbons (Fsp3) is 0.750. The summed E-state index contributed by atoms with van der Waals surface area (Å²) >= 11 is 5.30. The van der Waals surface area contributed by atoms with E-state index in [0.29, 0.717) is 12.4 Å². The van der Waals surface area contributed by atoms with Crippen LogP contribution in [0.25, 0.3) is 0 Å². The van der Waals surface area contributed by atoms with E-state index < -0.39 is 0 Å². The lowest BCUT2D eigenvalue weighted by Crippen LogP contribution is -2.11. The molecular formula is C8H23ClN6. The van der Waals surface area contributed by atoms with Gasteiger partial charge in [-0.15, -0.1) is 11.6 Å². The van der Waals surface area contributed by atoms with Gasteiger partial charge >= 0.3 is 0 Å². The van der Waals surface area contributed by atoms with Gasteiger partial charge in [-0.05, 0) is 28.2 Å². The van der Waals surface area contributed by atoms with Gasteiger partial charge in [0.1, 0.15) is 0 Å². The van der Waals surface area contributed by atoms with Gasteiger partial charge in [-0.2, -0.15) is 0 Å². The molecule has 0 aromatic rings. The highest BCUT2D eigenvalue weighted by molar-refractivity contribution is 6.18. The number of hydrogen-bond donors (Lipinski definition) is 3. The van der Waals surface area contributed by atoms with Crippen LogP contribution in [0.2, 0.25) is 0 Å². The molecule has 0 spiro atoms. The Morgan fingerprint density at radius 3 is 2.00 bits per heavy atom. The minimum Gasteiger partial charge on any atom is -0.390 e. The summed E-state index contributed by atoms with van der Waals surface area (Å²) in [6.45, 7) is 0.477. The third kappa shape index (κ3) is 43.2. The van der Waals surface area contributed by atoms with Crippen molar-refractivity contribution in [3.63, 3.8) is 0 Å². The zero-order valence-electron chi connectivity index (χ0n) is 9.94. The Kier molecular flexibility index (Phi) is 24.7. The van der Waals surface area contributed by atoms with Gasteiger partial charge in [-0.1, -0.05) is 0 Å². The van der Waals surface area contributed by atoms with Crippen molar-refractivity contribution in [3.05, 3.63) is 0 Å². The number of rotatable bonds is 2. The maximum atomic E-state index is 5.30. The van der Waals surface area contributed by atoms with Crippen LogP contribution in [0.4, 0.5) is 0 Å². The van der Waals surface area contributed by atoms with Gasteiger partial charge in [0.25, 0.3) is 0 Å². The van der Waals surface area contributed by atoms with Gasteiger partial charge in [0, 0.05) is 5.88 Å². The summed E-state index contributed by atoms with van der Waals surface area (Å²) in [5.74, 6) is 0.610. The van der Waals surface area contributed by atoms with Crippen LogP contribution in [0.3, 0.4) is 0 Å². The first-order valence-electron chi connectivity index (χ1n) is 4.33. The number of nitrogens with two attached hydrogens (primary N) is 3. The lowest BCUT2D eigenvalue weighted by Gasteiger charge is -1.90. The van der Waals surface area contributed by atoms with E-state index in [2.05, 4.69) is 15.7 Å². The summed E-state index contributed by atoms with van der Waals surface area (Å²) in [6.07, 6.45) is 1.09. The van der Waals surface area contributed by atoms with E-state index in [-0.39, 0.29) is 5.96 Å². The van der Waals surface area contributed by atoms with Gasteiger partial charge in [0.05, 0.1) is 12.9 Å². The minimum absolute atomic E-state index is 0.165. The summed E-state index contributed by atoms with van der Waals surface area (Å²) in [7, 11) is 7.50. The summed E-state index contributed by atoms with van der Waals surface area (Å²) in [4.78, 5) is 9.20. The number of alkyl halides is 1. The van der Waals surface area contributed by atoms with Crippen LogP contribution in [-0.2, 0) is 0 Å². The summed E-state index contributed by atoms with van der Waals surface area (Å²) in [5.41, 5.74) is 14.6. The average Bonchev–Trinajstić information content (AvgIpc) is 2.17. The first-order valence-corrected chi connectivity index (χ1v) is 4.86. The Labute approximate surface area is 97.2 Å². The molecule has 0 amide bonds. The van der Waals surface area contributed by atoms with Gasteiger partial charge in [0.2, 0.25) is 5.96 Å². The third-order valence-electron chi connectivity index (χ3n) is 0.565. The topological polar surface area (TPSA) is 106 Å². The normalized spacial score (nSPS) is 10.5. The molecule has 0 radical (unpaired) electrons. The zero-order valence-corrected chi connectivity index (χ0v) is 10.7. The smallest absolute Gasteiger partial charge is 0.216 e. The van der Waals surface area contributed by atoms with Crippen molar-refractivity contribution in [2.24, 2.45) is 27.2 Å². The summed E-state index contributed by atoms with van der Waals surface area (Å²) < 4.78 is 0. The molecule has 0 rings (SSSR count). The van der Waals surface area contributed by atoms with E-state index in [1.807, 2.05) is 26.0 Å². The van der Waals surface area contributed by atoms with Crippen molar-refractivity contribution in [3.8, 4) is 0 Å². The molecule has 0 heterocycles. The molecule has 0 aliphatic heterocycles. The number of aliphatic imine (C=N–C) groups is 2. The molecule has 0 saturated heterocycles. The van der Waals surface area contributed by atoms with Crippen molar-refractivity contribution in [2.75, 3.05) is 40.6 Å². The molecule has 92 valence electrons. The van der Waals surface area contributed by atoms with Crippen LogP contribution < -0.4 is 17.2 Å². The molecule has 0 fully saturated rings. The molecule has 6 nitrogen and oxygen atoms in total. The van der Waals surface area contributed by atoms with E-state index >= 15 is 0 Å². The highest BCUT2D eigenvalue weighted by atomic mass is 35.5. The molecule has 0 bridgehead atoms. The van der Waals surface area contributed by atoms with Crippen molar-refractivity contribution >= 4 is 23.9 Å². The Morgan fingerprint density at radius 2 is 1.73 bits per heavy atom. The Balaban J connectivity index is -0.000000202. The van der Waals surface area contributed by atoms with E-state index in [9.17, 15) is 0 Å². The molecule has 0 aromatic heterocycles. The first kappa shape index (κ1) is 19.7. The molecular weight excluding hydrogens is 216 g/mol. The van der Waals surface area contributed by atoms with Gasteiger partial charge < -0.3 is 22.1 Å². The van der Waals surface area contributed by atoms with E-state index in [1.165, 1.54) is 7.05 Å². The third-order valence-corrected chi connectivity index (χ3v) is 0.734.